The van der Waals surface area contributed by atoms with Crippen LogP contribution < -0.4 is 4.72 Å². The predicted octanol–water partition coefficient (Wildman–Crippen LogP) is 4.85. The molecule has 0 spiro atoms. The van der Waals surface area contributed by atoms with Crippen LogP contribution in [0.15, 0.2) is 57.9 Å². The molecule has 3 rings (SSSR count). The lowest BCUT2D eigenvalue weighted by Crippen LogP contribution is -2.20. The number of aromatic nitrogens is 2. The molecule has 0 fully saturated rings. The van der Waals surface area contributed by atoms with E-state index in [0.29, 0.717) is 5.56 Å². The van der Waals surface area contributed by atoms with Crippen molar-refractivity contribution in [2.24, 2.45) is 0 Å². The smallest absolute Gasteiger partial charge is 0.329 e. The minimum absolute atomic E-state index is 0.157. The molecule has 154 valence electrons. The van der Waals surface area contributed by atoms with E-state index in [0.717, 1.165) is 0 Å². The van der Waals surface area contributed by atoms with Gasteiger partial charge >= 0.3 is 12.1 Å². The van der Waals surface area contributed by atoms with Crippen molar-refractivity contribution in [2.75, 3.05) is 4.72 Å². The maximum absolute atomic E-state index is 12.9. The van der Waals surface area contributed by atoms with Gasteiger partial charge in [0, 0.05) is 11.3 Å². The molecule has 1 N–H and O–H groups in total. The second kappa shape index (κ2) is 7.18. The monoisotopic (exact) mass is 425 g/mol. The molecule has 0 saturated heterocycles. The average molecular weight is 425 g/mol. The predicted molar refractivity (Wildman–Crippen MR) is 101 cm³/mol. The fourth-order valence-electron chi connectivity index (χ4n) is 2.67. The Morgan fingerprint density at radius 3 is 2.14 bits per heavy atom. The van der Waals surface area contributed by atoms with Crippen LogP contribution in [0.5, 0.6) is 0 Å². The number of anilines is 1. The molecule has 0 saturated carbocycles. The van der Waals surface area contributed by atoms with Crippen LogP contribution in [-0.4, -0.2) is 18.6 Å². The van der Waals surface area contributed by atoms with E-state index in [9.17, 15) is 21.6 Å². The summed E-state index contributed by atoms with van der Waals surface area (Å²) in [5, 5.41) is 3.30. The molecule has 6 nitrogen and oxygen atoms in total. The lowest BCUT2D eigenvalue weighted by atomic mass is 9.87. The normalized spacial score (nSPS) is 12.8. The van der Waals surface area contributed by atoms with Crippen molar-refractivity contribution in [3.05, 3.63) is 60.0 Å². The Kier molecular flexibility index (Phi) is 5.16. The average Bonchev–Trinajstić information content (AvgIpc) is 3.12. The fraction of sp³-hybridized carbons (Fsp3) is 0.263. The molecule has 0 unspecified atom stereocenters. The Bertz CT molecular complexity index is 1120. The molecule has 0 aliphatic rings. The number of nitrogens with one attached hydrogen (secondary N) is 1. The minimum atomic E-state index is -4.73. The minimum Gasteiger partial charge on any atom is -0.329 e. The third kappa shape index (κ3) is 4.58. The van der Waals surface area contributed by atoms with Gasteiger partial charge in [-0.2, -0.15) is 18.2 Å². The molecule has 29 heavy (non-hydrogen) atoms. The summed E-state index contributed by atoms with van der Waals surface area (Å²) in [6.45, 7) is 5.74. The van der Waals surface area contributed by atoms with Gasteiger partial charge in [0.15, 0.2) is 0 Å². The van der Waals surface area contributed by atoms with Gasteiger partial charge in [0.25, 0.3) is 10.0 Å². The molecule has 0 aliphatic heterocycles. The van der Waals surface area contributed by atoms with E-state index in [2.05, 4.69) is 19.4 Å². The van der Waals surface area contributed by atoms with E-state index < -0.39 is 22.1 Å². The second-order valence-corrected chi connectivity index (χ2v) is 9.00. The number of halogens is 3. The largest absolute Gasteiger partial charge is 0.471 e. The third-order valence-electron chi connectivity index (χ3n) is 4.05. The first-order valence-electron chi connectivity index (χ1n) is 8.51. The summed E-state index contributed by atoms with van der Waals surface area (Å²) in [5.41, 5.74) is 0.777. The summed E-state index contributed by atoms with van der Waals surface area (Å²) in [5.74, 6) is -1.69. The number of hydrogen-bond acceptors (Lipinski definition) is 5. The Hall–Kier alpha value is -2.88. The SMILES string of the molecule is CC(C)(C)c1ccccc1S(=O)(=O)Nc1ccc(-c2noc(C(F)(F)F)n2)cc1. The van der Waals surface area contributed by atoms with Gasteiger partial charge in [-0.05, 0) is 41.3 Å². The standard InChI is InChI=1S/C19H18F3N3O3S/c1-18(2,3)14-6-4-5-7-15(14)29(26,27)25-13-10-8-12(9-11-13)16-23-17(28-24-16)19(20,21)22/h4-11,25H,1-3H3. The van der Waals surface area contributed by atoms with E-state index in [1.54, 1.807) is 18.2 Å². The van der Waals surface area contributed by atoms with Gasteiger partial charge in [0.05, 0.1) is 4.90 Å². The highest BCUT2D eigenvalue weighted by Crippen LogP contribution is 2.31. The first kappa shape index (κ1) is 20.8. The molecular weight excluding hydrogens is 407 g/mol. The third-order valence-corrected chi connectivity index (χ3v) is 5.49. The summed E-state index contributed by atoms with van der Waals surface area (Å²) < 4.78 is 70.1. The van der Waals surface area contributed by atoms with Gasteiger partial charge < -0.3 is 4.52 Å². The maximum Gasteiger partial charge on any atom is 0.471 e. The maximum atomic E-state index is 12.9. The van der Waals surface area contributed by atoms with Crippen molar-refractivity contribution >= 4 is 15.7 Å². The molecule has 10 heteroatoms. The molecule has 0 radical (unpaired) electrons. The quantitative estimate of drug-likeness (QED) is 0.646. The zero-order chi connectivity index (χ0) is 21.4. The second-order valence-electron chi connectivity index (χ2n) is 7.35. The van der Waals surface area contributed by atoms with Crippen molar-refractivity contribution < 1.29 is 26.1 Å². The van der Waals surface area contributed by atoms with Crippen LogP contribution >= 0.6 is 0 Å². The van der Waals surface area contributed by atoms with E-state index in [1.807, 2.05) is 20.8 Å². The van der Waals surface area contributed by atoms with E-state index >= 15 is 0 Å². The summed E-state index contributed by atoms with van der Waals surface area (Å²) in [6, 6.07) is 12.3. The van der Waals surface area contributed by atoms with Gasteiger partial charge in [0.1, 0.15) is 0 Å². The van der Waals surface area contributed by atoms with Crippen LogP contribution in [0.3, 0.4) is 0 Å². The summed E-state index contributed by atoms with van der Waals surface area (Å²) in [7, 11) is -3.87. The number of sulfonamides is 1. The Morgan fingerprint density at radius 2 is 1.59 bits per heavy atom. The molecule has 2 aromatic carbocycles. The Labute approximate surface area is 165 Å². The van der Waals surface area contributed by atoms with Crippen LogP contribution in [-0.2, 0) is 21.6 Å². The van der Waals surface area contributed by atoms with Gasteiger partial charge in [-0.25, -0.2) is 8.42 Å². The molecule has 1 heterocycles. The summed E-state index contributed by atoms with van der Waals surface area (Å²) >= 11 is 0. The molecule has 0 aliphatic carbocycles. The highest BCUT2D eigenvalue weighted by atomic mass is 32.2. The van der Waals surface area contributed by atoms with Crippen molar-refractivity contribution in [3.63, 3.8) is 0 Å². The van der Waals surface area contributed by atoms with Gasteiger partial charge in [-0.3, -0.25) is 4.72 Å². The number of rotatable bonds is 4. The van der Waals surface area contributed by atoms with E-state index in [4.69, 9.17) is 0 Å². The van der Waals surface area contributed by atoms with Crippen LogP contribution in [0.25, 0.3) is 11.4 Å². The first-order chi connectivity index (χ1) is 13.4. The highest BCUT2D eigenvalue weighted by molar-refractivity contribution is 7.92. The lowest BCUT2D eigenvalue weighted by Gasteiger charge is -2.23. The van der Waals surface area contributed by atoms with Crippen LogP contribution in [0.1, 0.15) is 32.2 Å². The molecule has 0 amide bonds. The highest BCUT2D eigenvalue weighted by Gasteiger charge is 2.38. The van der Waals surface area contributed by atoms with Gasteiger partial charge in [0.2, 0.25) is 5.82 Å². The number of alkyl halides is 3. The zero-order valence-electron chi connectivity index (χ0n) is 15.8. The molecule has 0 atom stereocenters. The van der Waals surface area contributed by atoms with Gasteiger partial charge in [-0.15, -0.1) is 0 Å². The van der Waals surface area contributed by atoms with Crippen LogP contribution in [0.2, 0.25) is 0 Å². The first-order valence-corrected chi connectivity index (χ1v) is 10.00. The lowest BCUT2D eigenvalue weighted by molar-refractivity contribution is -0.159. The number of hydrogen-bond donors (Lipinski definition) is 1. The molecule has 3 aromatic rings. The van der Waals surface area contributed by atoms with Crippen molar-refractivity contribution in [3.8, 4) is 11.4 Å². The van der Waals surface area contributed by atoms with Crippen molar-refractivity contribution in [2.45, 2.75) is 37.3 Å². The van der Waals surface area contributed by atoms with Crippen LogP contribution in [0, 0.1) is 0 Å². The molecule has 1 aromatic heterocycles. The van der Waals surface area contributed by atoms with E-state index in [1.165, 1.54) is 30.3 Å². The van der Waals surface area contributed by atoms with Crippen molar-refractivity contribution in [1.82, 2.24) is 10.1 Å². The fourth-order valence-corrected chi connectivity index (χ4v) is 4.15. The van der Waals surface area contributed by atoms with E-state index in [-0.39, 0.29) is 27.4 Å². The number of nitrogens with zero attached hydrogens (tertiary/aromatic N) is 2. The number of benzene rings is 2. The zero-order valence-corrected chi connectivity index (χ0v) is 16.6. The topological polar surface area (TPSA) is 85.1 Å². The van der Waals surface area contributed by atoms with Crippen molar-refractivity contribution in [1.29, 1.82) is 0 Å². The summed E-state index contributed by atoms with van der Waals surface area (Å²) in [6.07, 6.45) is -4.73. The Morgan fingerprint density at radius 1 is 0.966 bits per heavy atom. The van der Waals surface area contributed by atoms with Crippen LogP contribution in [0.4, 0.5) is 18.9 Å². The van der Waals surface area contributed by atoms with Gasteiger partial charge in [-0.1, -0.05) is 44.1 Å². The Balaban J connectivity index is 1.86. The molecular formula is C19H18F3N3O3S. The summed E-state index contributed by atoms with van der Waals surface area (Å²) in [4.78, 5) is 3.46. The molecule has 0 bridgehead atoms.